The number of anilines is 1. The summed E-state index contributed by atoms with van der Waals surface area (Å²) in [7, 11) is 4.25. The first kappa shape index (κ1) is 19.9. The maximum atomic E-state index is 3.60. The van der Waals surface area contributed by atoms with Gasteiger partial charge in [0.15, 0.2) is 0 Å². The molecule has 0 saturated carbocycles. The van der Waals surface area contributed by atoms with Crippen LogP contribution >= 0.6 is 0 Å². The molecule has 1 unspecified atom stereocenters. The van der Waals surface area contributed by atoms with E-state index in [1.165, 1.54) is 17.7 Å². The highest BCUT2D eigenvalue weighted by Crippen LogP contribution is 2.11. The van der Waals surface area contributed by atoms with Gasteiger partial charge in [-0.1, -0.05) is 26.0 Å². The van der Waals surface area contributed by atoms with Gasteiger partial charge in [-0.25, -0.2) is 0 Å². The average Bonchev–Trinajstić information content (AvgIpc) is 2.49. The SMILES string of the molecule is CC(C)NCCNc1ccc(CC(C)NCCCN(C)C)cc1. The second-order valence-electron chi connectivity index (χ2n) is 6.95. The summed E-state index contributed by atoms with van der Waals surface area (Å²) in [6.07, 6.45) is 2.28. The van der Waals surface area contributed by atoms with Gasteiger partial charge in [0.1, 0.15) is 0 Å². The number of nitrogens with zero attached hydrogens (tertiary/aromatic N) is 1. The molecule has 0 aliphatic heterocycles. The lowest BCUT2D eigenvalue weighted by atomic mass is 10.1. The van der Waals surface area contributed by atoms with Gasteiger partial charge in [0, 0.05) is 30.9 Å². The monoisotopic (exact) mass is 320 g/mol. The van der Waals surface area contributed by atoms with E-state index in [1.807, 2.05) is 0 Å². The van der Waals surface area contributed by atoms with Gasteiger partial charge in [0.2, 0.25) is 0 Å². The lowest BCUT2D eigenvalue weighted by Crippen LogP contribution is -2.30. The third kappa shape index (κ3) is 10.3. The van der Waals surface area contributed by atoms with Gasteiger partial charge in [-0.05, 0) is 64.6 Å². The molecule has 4 heteroatoms. The molecule has 3 N–H and O–H groups in total. The number of rotatable bonds is 12. The molecule has 1 rings (SSSR count). The first-order valence-corrected chi connectivity index (χ1v) is 8.91. The highest BCUT2D eigenvalue weighted by molar-refractivity contribution is 5.44. The summed E-state index contributed by atoms with van der Waals surface area (Å²) in [6, 6.07) is 9.90. The summed E-state index contributed by atoms with van der Waals surface area (Å²) in [5.41, 5.74) is 2.59. The van der Waals surface area contributed by atoms with E-state index in [0.717, 1.165) is 32.6 Å². The van der Waals surface area contributed by atoms with Crippen LogP contribution in [0.3, 0.4) is 0 Å². The second-order valence-corrected chi connectivity index (χ2v) is 6.95. The molecule has 0 aromatic heterocycles. The summed E-state index contributed by atoms with van der Waals surface area (Å²) in [5.74, 6) is 0. The zero-order valence-electron chi connectivity index (χ0n) is 15.7. The third-order valence-corrected chi connectivity index (χ3v) is 3.78. The molecule has 0 heterocycles. The lowest BCUT2D eigenvalue weighted by molar-refractivity contribution is 0.388. The number of nitrogens with one attached hydrogen (secondary N) is 3. The van der Waals surface area contributed by atoms with Gasteiger partial charge in [-0.2, -0.15) is 0 Å². The standard InChI is InChI=1S/C19H36N4/c1-16(2)20-12-13-22-19-9-7-18(8-10-19)15-17(3)21-11-6-14-23(4)5/h7-10,16-17,20-22H,6,11-15H2,1-5H3. The van der Waals surface area contributed by atoms with Gasteiger partial charge in [-0.3, -0.25) is 0 Å². The van der Waals surface area contributed by atoms with Crippen LogP contribution < -0.4 is 16.0 Å². The van der Waals surface area contributed by atoms with E-state index in [2.05, 4.69) is 80.0 Å². The molecule has 0 fully saturated rings. The zero-order valence-corrected chi connectivity index (χ0v) is 15.7. The molecule has 0 amide bonds. The first-order chi connectivity index (χ1) is 11.0. The van der Waals surface area contributed by atoms with Crippen molar-refractivity contribution in [3.63, 3.8) is 0 Å². The van der Waals surface area contributed by atoms with Crippen LogP contribution in [-0.2, 0) is 6.42 Å². The van der Waals surface area contributed by atoms with Crippen LogP contribution in [0.2, 0.25) is 0 Å². The van der Waals surface area contributed by atoms with Crippen LogP contribution in [0.5, 0.6) is 0 Å². The van der Waals surface area contributed by atoms with E-state index >= 15 is 0 Å². The van der Waals surface area contributed by atoms with Crippen molar-refractivity contribution >= 4 is 5.69 Å². The molecular weight excluding hydrogens is 284 g/mol. The van der Waals surface area contributed by atoms with E-state index < -0.39 is 0 Å². The number of benzene rings is 1. The topological polar surface area (TPSA) is 39.3 Å². The summed E-state index contributed by atoms with van der Waals surface area (Å²) >= 11 is 0. The van der Waals surface area contributed by atoms with Gasteiger partial charge in [0.25, 0.3) is 0 Å². The molecule has 0 saturated heterocycles. The molecule has 0 aliphatic rings. The van der Waals surface area contributed by atoms with Crippen molar-refractivity contribution in [2.45, 2.75) is 45.7 Å². The molecule has 0 bridgehead atoms. The van der Waals surface area contributed by atoms with Gasteiger partial charge >= 0.3 is 0 Å². The molecule has 4 nitrogen and oxygen atoms in total. The van der Waals surface area contributed by atoms with Crippen molar-refractivity contribution in [3.05, 3.63) is 29.8 Å². The van der Waals surface area contributed by atoms with Gasteiger partial charge < -0.3 is 20.9 Å². The van der Waals surface area contributed by atoms with Crippen LogP contribution in [0.25, 0.3) is 0 Å². The molecule has 0 radical (unpaired) electrons. The Morgan fingerprint density at radius 3 is 2.22 bits per heavy atom. The van der Waals surface area contributed by atoms with E-state index in [0.29, 0.717) is 12.1 Å². The van der Waals surface area contributed by atoms with E-state index in [1.54, 1.807) is 0 Å². The largest absolute Gasteiger partial charge is 0.384 e. The molecule has 1 atom stereocenters. The number of hydrogen-bond acceptors (Lipinski definition) is 4. The Labute approximate surface area is 143 Å². The van der Waals surface area contributed by atoms with Gasteiger partial charge in [0.05, 0.1) is 0 Å². The lowest BCUT2D eigenvalue weighted by Gasteiger charge is -2.16. The zero-order chi connectivity index (χ0) is 17.1. The van der Waals surface area contributed by atoms with Crippen molar-refractivity contribution in [1.82, 2.24) is 15.5 Å². The maximum absolute atomic E-state index is 3.60. The van der Waals surface area contributed by atoms with E-state index in [9.17, 15) is 0 Å². The molecule has 0 aliphatic carbocycles. The molecule has 0 spiro atoms. The van der Waals surface area contributed by atoms with Crippen LogP contribution in [-0.4, -0.2) is 57.3 Å². The van der Waals surface area contributed by atoms with Crippen molar-refractivity contribution in [1.29, 1.82) is 0 Å². The Morgan fingerprint density at radius 2 is 1.61 bits per heavy atom. The maximum Gasteiger partial charge on any atom is 0.0340 e. The quantitative estimate of drug-likeness (QED) is 0.518. The van der Waals surface area contributed by atoms with E-state index in [4.69, 9.17) is 0 Å². The van der Waals surface area contributed by atoms with Crippen molar-refractivity contribution in [2.24, 2.45) is 0 Å². The Morgan fingerprint density at radius 1 is 0.913 bits per heavy atom. The minimum absolute atomic E-state index is 0.520. The Hall–Kier alpha value is -1.10. The smallest absolute Gasteiger partial charge is 0.0340 e. The van der Waals surface area contributed by atoms with Crippen LogP contribution in [0.15, 0.2) is 24.3 Å². The molecule has 23 heavy (non-hydrogen) atoms. The highest BCUT2D eigenvalue weighted by Gasteiger charge is 2.03. The van der Waals surface area contributed by atoms with E-state index in [-0.39, 0.29) is 0 Å². The molecule has 1 aromatic rings. The van der Waals surface area contributed by atoms with Crippen molar-refractivity contribution in [2.75, 3.05) is 45.6 Å². The summed E-state index contributed by atoms with van der Waals surface area (Å²) in [4.78, 5) is 2.23. The third-order valence-electron chi connectivity index (χ3n) is 3.78. The predicted octanol–water partition coefficient (Wildman–Crippen LogP) is 2.57. The van der Waals surface area contributed by atoms with Crippen molar-refractivity contribution < 1.29 is 0 Å². The summed E-state index contributed by atoms with van der Waals surface area (Å²) < 4.78 is 0. The summed E-state index contributed by atoms with van der Waals surface area (Å²) in [5, 5.41) is 10.5. The second kappa shape index (κ2) is 11.4. The molecule has 1 aromatic carbocycles. The Kier molecular flexibility index (Phi) is 9.92. The fourth-order valence-electron chi connectivity index (χ4n) is 2.50. The molecule has 132 valence electrons. The molecular formula is C19H36N4. The average molecular weight is 321 g/mol. The van der Waals surface area contributed by atoms with Crippen molar-refractivity contribution in [3.8, 4) is 0 Å². The fourth-order valence-corrected chi connectivity index (χ4v) is 2.50. The normalized spacial score (nSPS) is 12.8. The Bertz CT molecular complexity index is 400. The number of hydrogen-bond donors (Lipinski definition) is 3. The van der Waals surface area contributed by atoms with Crippen LogP contribution in [0, 0.1) is 0 Å². The minimum Gasteiger partial charge on any atom is -0.384 e. The Balaban J connectivity index is 2.22. The predicted molar refractivity (Wildman–Crippen MR) is 102 cm³/mol. The highest BCUT2D eigenvalue weighted by atomic mass is 15.1. The summed E-state index contributed by atoms with van der Waals surface area (Å²) in [6.45, 7) is 10.8. The van der Waals surface area contributed by atoms with Crippen LogP contribution in [0.4, 0.5) is 5.69 Å². The first-order valence-electron chi connectivity index (χ1n) is 8.91. The van der Waals surface area contributed by atoms with Gasteiger partial charge in [-0.15, -0.1) is 0 Å². The fraction of sp³-hybridized carbons (Fsp3) is 0.684. The minimum atomic E-state index is 0.520. The van der Waals surface area contributed by atoms with Crippen LogP contribution in [0.1, 0.15) is 32.8 Å².